The number of aromatic nitrogens is 3. The number of thiazole rings is 1. The van der Waals surface area contributed by atoms with E-state index in [1.807, 2.05) is 41.1 Å². The number of nitrogens with zero attached hydrogens (tertiary/aromatic N) is 3. The van der Waals surface area contributed by atoms with Crippen LogP contribution in [0.1, 0.15) is 30.5 Å². The lowest BCUT2D eigenvalue weighted by Crippen LogP contribution is -2.29. The second-order valence-electron chi connectivity index (χ2n) is 6.18. The standard InChI is InChI=1S/C19H22N4OS/c1-14(2)19-22-16(13-25-19)8-9-20-17(24)12-23-11-10-21-18(23)15-6-4-3-5-7-15/h3-7,10-11,13-14H,8-9,12H2,1-2H3,(H,20,24). The van der Waals surface area contributed by atoms with Crippen LogP contribution in [0.3, 0.4) is 0 Å². The van der Waals surface area contributed by atoms with E-state index < -0.39 is 0 Å². The fraction of sp³-hybridized carbons (Fsp3) is 0.316. The first-order valence-corrected chi connectivity index (χ1v) is 9.29. The number of carbonyl (C=O) groups excluding carboxylic acids is 1. The molecule has 6 heteroatoms. The van der Waals surface area contributed by atoms with Crippen molar-refractivity contribution >= 4 is 17.2 Å². The van der Waals surface area contributed by atoms with Gasteiger partial charge in [0.15, 0.2) is 0 Å². The highest BCUT2D eigenvalue weighted by Gasteiger charge is 2.10. The Balaban J connectivity index is 1.52. The van der Waals surface area contributed by atoms with Gasteiger partial charge in [-0.2, -0.15) is 0 Å². The maximum atomic E-state index is 12.2. The van der Waals surface area contributed by atoms with Crippen LogP contribution in [0.2, 0.25) is 0 Å². The summed E-state index contributed by atoms with van der Waals surface area (Å²) in [6.45, 7) is 5.13. The summed E-state index contributed by atoms with van der Waals surface area (Å²) in [6.07, 6.45) is 4.31. The molecule has 0 aliphatic rings. The van der Waals surface area contributed by atoms with E-state index in [1.54, 1.807) is 17.5 Å². The molecule has 0 radical (unpaired) electrons. The lowest BCUT2D eigenvalue weighted by molar-refractivity contribution is -0.121. The monoisotopic (exact) mass is 354 g/mol. The molecule has 3 aromatic rings. The number of hydrogen-bond donors (Lipinski definition) is 1. The second kappa shape index (κ2) is 8.07. The van der Waals surface area contributed by atoms with Crippen molar-refractivity contribution in [3.8, 4) is 11.4 Å². The molecule has 0 bridgehead atoms. The van der Waals surface area contributed by atoms with Crippen LogP contribution >= 0.6 is 11.3 Å². The predicted octanol–water partition coefficient (Wildman–Crippen LogP) is 3.49. The number of rotatable bonds is 7. The van der Waals surface area contributed by atoms with E-state index in [0.29, 0.717) is 12.5 Å². The van der Waals surface area contributed by atoms with Crippen LogP contribution in [0, 0.1) is 0 Å². The lowest BCUT2D eigenvalue weighted by atomic mass is 10.2. The van der Waals surface area contributed by atoms with Gasteiger partial charge in [0.2, 0.25) is 5.91 Å². The van der Waals surface area contributed by atoms with Gasteiger partial charge in [-0.05, 0) is 0 Å². The van der Waals surface area contributed by atoms with Crippen LogP contribution in [0.4, 0.5) is 0 Å². The molecule has 0 atom stereocenters. The fourth-order valence-electron chi connectivity index (χ4n) is 2.53. The van der Waals surface area contributed by atoms with Crippen LogP contribution in [0.25, 0.3) is 11.4 Å². The van der Waals surface area contributed by atoms with Crippen molar-refractivity contribution in [2.24, 2.45) is 0 Å². The average Bonchev–Trinajstić information content (AvgIpc) is 3.25. The first-order valence-electron chi connectivity index (χ1n) is 8.41. The normalized spacial score (nSPS) is 11.0. The summed E-state index contributed by atoms with van der Waals surface area (Å²) in [5.74, 6) is 1.23. The van der Waals surface area contributed by atoms with Gasteiger partial charge in [-0.1, -0.05) is 44.2 Å². The number of benzene rings is 1. The third-order valence-corrected chi connectivity index (χ3v) is 5.02. The highest BCUT2D eigenvalue weighted by Crippen LogP contribution is 2.19. The largest absolute Gasteiger partial charge is 0.354 e. The van der Waals surface area contributed by atoms with Crippen molar-refractivity contribution in [1.82, 2.24) is 19.9 Å². The summed E-state index contributed by atoms with van der Waals surface area (Å²) < 4.78 is 1.87. The van der Waals surface area contributed by atoms with Crippen molar-refractivity contribution < 1.29 is 4.79 Å². The minimum Gasteiger partial charge on any atom is -0.354 e. The van der Waals surface area contributed by atoms with E-state index in [0.717, 1.165) is 28.5 Å². The van der Waals surface area contributed by atoms with Gasteiger partial charge in [0.25, 0.3) is 0 Å². The number of hydrogen-bond acceptors (Lipinski definition) is 4. The van der Waals surface area contributed by atoms with Crippen LogP contribution in [0.5, 0.6) is 0 Å². The minimum atomic E-state index is -0.0190. The van der Waals surface area contributed by atoms with Crippen LogP contribution in [0.15, 0.2) is 48.1 Å². The third kappa shape index (κ3) is 4.54. The van der Waals surface area contributed by atoms with E-state index in [9.17, 15) is 4.79 Å². The van der Waals surface area contributed by atoms with E-state index >= 15 is 0 Å². The van der Waals surface area contributed by atoms with E-state index in [-0.39, 0.29) is 12.5 Å². The summed E-state index contributed by atoms with van der Waals surface area (Å²) in [6, 6.07) is 9.88. The van der Waals surface area contributed by atoms with Crippen LogP contribution in [-0.2, 0) is 17.8 Å². The van der Waals surface area contributed by atoms with Gasteiger partial charge in [-0.3, -0.25) is 4.79 Å². The molecule has 1 aromatic carbocycles. The smallest absolute Gasteiger partial charge is 0.240 e. The highest BCUT2D eigenvalue weighted by atomic mass is 32.1. The molecule has 2 aromatic heterocycles. The van der Waals surface area contributed by atoms with Gasteiger partial charge in [-0.15, -0.1) is 11.3 Å². The Kier molecular flexibility index (Phi) is 5.60. The Labute approximate surface area is 151 Å². The molecule has 0 saturated carbocycles. The Hall–Kier alpha value is -2.47. The lowest BCUT2D eigenvalue weighted by Gasteiger charge is -2.08. The molecule has 0 unspecified atom stereocenters. The molecule has 1 amide bonds. The maximum Gasteiger partial charge on any atom is 0.240 e. The summed E-state index contributed by atoms with van der Waals surface area (Å²) in [7, 11) is 0. The molecule has 0 aliphatic carbocycles. The van der Waals surface area contributed by atoms with Crippen molar-refractivity contribution in [1.29, 1.82) is 0 Å². The quantitative estimate of drug-likeness (QED) is 0.706. The number of imidazole rings is 1. The van der Waals surface area contributed by atoms with Gasteiger partial charge >= 0.3 is 0 Å². The summed E-state index contributed by atoms with van der Waals surface area (Å²) in [5.41, 5.74) is 2.05. The predicted molar refractivity (Wildman–Crippen MR) is 101 cm³/mol. The second-order valence-corrected chi connectivity index (χ2v) is 7.07. The zero-order valence-corrected chi connectivity index (χ0v) is 15.3. The van der Waals surface area contributed by atoms with Gasteiger partial charge in [-0.25, -0.2) is 9.97 Å². The zero-order valence-electron chi connectivity index (χ0n) is 14.5. The Morgan fingerprint density at radius 1 is 1.28 bits per heavy atom. The van der Waals surface area contributed by atoms with Crippen LogP contribution in [-0.4, -0.2) is 27.0 Å². The molecule has 0 spiro atoms. The molecule has 3 rings (SSSR count). The summed E-state index contributed by atoms with van der Waals surface area (Å²) >= 11 is 1.68. The van der Waals surface area contributed by atoms with Gasteiger partial charge in [0, 0.05) is 42.2 Å². The first kappa shape index (κ1) is 17.4. The molecule has 1 N–H and O–H groups in total. The Morgan fingerprint density at radius 3 is 2.80 bits per heavy atom. The average molecular weight is 354 g/mol. The van der Waals surface area contributed by atoms with Crippen molar-refractivity contribution in [2.45, 2.75) is 32.7 Å². The van der Waals surface area contributed by atoms with E-state index in [4.69, 9.17) is 0 Å². The van der Waals surface area contributed by atoms with Gasteiger partial charge in [0.05, 0.1) is 10.7 Å². The number of nitrogens with one attached hydrogen (secondary N) is 1. The Morgan fingerprint density at radius 2 is 2.08 bits per heavy atom. The molecule has 0 saturated heterocycles. The van der Waals surface area contributed by atoms with Gasteiger partial charge in [0.1, 0.15) is 12.4 Å². The van der Waals surface area contributed by atoms with E-state index in [2.05, 4.69) is 34.5 Å². The van der Waals surface area contributed by atoms with Crippen molar-refractivity contribution in [3.05, 3.63) is 58.8 Å². The third-order valence-electron chi connectivity index (χ3n) is 3.83. The molecule has 0 fully saturated rings. The maximum absolute atomic E-state index is 12.2. The molecule has 130 valence electrons. The molecule has 0 aliphatic heterocycles. The summed E-state index contributed by atoms with van der Waals surface area (Å²) in [5, 5.41) is 6.18. The number of amides is 1. The topological polar surface area (TPSA) is 59.8 Å². The highest BCUT2D eigenvalue weighted by molar-refractivity contribution is 7.09. The van der Waals surface area contributed by atoms with Crippen molar-refractivity contribution in [2.75, 3.05) is 6.54 Å². The number of carbonyl (C=O) groups is 1. The fourth-order valence-corrected chi connectivity index (χ4v) is 3.40. The molecule has 2 heterocycles. The first-order chi connectivity index (χ1) is 12.1. The Bertz CT molecular complexity index is 823. The SMILES string of the molecule is CC(C)c1nc(CCNC(=O)Cn2ccnc2-c2ccccc2)cs1. The van der Waals surface area contributed by atoms with Crippen LogP contribution < -0.4 is 5.32 Å². The van der Waals surface area contributed by atoms with Gasteiger partial charge < -0.3 is 9.88 Å². The van der Waals surface area contributed by atoms with Crippen molar-refractivity contribution in [3.63, 3.8) is 0 Å². The molecule has 5 nitrogen and oxygen atoms in total. The molecular formula is C19H22N4OS. The minimum absolute atomic E-state index is 0.0190. The zero-order chi connectivity index (χ0) is 17.6. The summed E-state index contributed by atoms with van der Waals surface area (Å²) in [4.78, 5) is 21.2. The molecular weight excluding hydrogens is 332 g/mol. The molecule has 25 heavy (non-hydrogen) atoms. The van der Waals surface area contributed by atoms with E-state index in [1.165, 1.54) is 0 Å².